The quantitative estimate of drug-likeness (QED) is 0.533. The van der Waals surface area contributed by atoms with Crippen LogP contribution in [-0.4, -0.2) is 73.0 Å². The van der Waals surface area contributed by atoms with Gasteiger partial charge in [-0.05, 0) is 37.5 Å². The van der Waals surface area contributed by atoms with Crippen LogP contribution in [0.2, 0.25) is 0 Å². The maximum Gasteiger partial charge on any atom is 0.315 e. The zero-order valence-electron chi connectivity index (χ0n) is 18.6. The van der Waals surface area contributed by atoms with Crippen molar-refractivity contribution in [3.63, 3.8) is 0 Å². The largest absolute Gasteiger partial charge is 0.340 e. The van der Waals surface area contributed by atoms with Gasteiger partial charge >= 0.3 is 6.03 Å². The van der Waals surface area contributed by atoms with Crippen molar-refractivity contribution in [1.82, 2.24) is 20.4 Å². The number of piperazine rings is 1. The second kappa shape index (κ2) is 12.4. The van der Waals surface area contributed by atoms with Crippen LogP contribution in [-0.2, 0) is 9.59 Å². The highest BCUT2D eigenvalue weighted by Crippen LogP contribution is 2.17. The van der Waals surface area contributed by atoms with E-state index in [1.165, 1.54) is 31.4 Å². The SMILES string of the molecule is O=C(CN1CCN(C(=O)CCCNC(=O)NC2CCCCC2)CC1)Nc1cccc(F)c1. The number of benzene rings is 1. The van der Waals surface area contributed by atoms with Crippen molar-refractivity contribution < 1.29 is 18.8 Å². The first-order valence-electron chi connectivity index (χ1n) is 11.6. The van der Waals surface area contributed by atoms with Gasteiger partial charge in [0, 0.05) is 50.9 Å². The molecule has 1 saturated carbocycles. The van der Waals surface area contributed by atoms with E-state index in [1.807, 2.05) is 9.80 Å². The molecule has 1 aliphatic carbocycles. The molecule has 4 amide bonds. The Morgan fingerprint density at radius 3 is 2.50 bits per heavy atom. The minimum Gasteiger partial charge on any atom is -0.340 e. The monoisotopic (exact) mass is 447 g/mol. The number of nitrogens with one attached hydrogen (secondary N) is 3. The van der Waals surface area contributed by atoms with Gasteiger partial charge in [0.15, 0.2) is 0 Å². The number of halogens is 1. The number of carbonyl (C=O) groups excluding carboxylic acids is 3. The molecule has 0 bridgehead atoms. The predicted octanol–water partition coefficient (Wildman–Crippen LogP) is 2.32. The van der Waals surface area contributed by atoms with Crippen LogP contribution in [0.4, 0.5) is 14.9 Å². The lowest BCUT2D eigenvalue weighted by atomic mass is 9.96. The second-order valence-electron chi connectivity index (χ2n) is 8.55. The van der Waals surface area contributed by atoms with Crippen LogP contribution < -0.4 is 16.0 Å². The standard InChI is InChI=1S/C23H34FN5O3/c24-18-6-4-9-20(16-18)26-21(30)17-28-12-14-29(15-13-28)22(31)10-5-11-25-23(32)27-19-7-2-1-3-8-19/h4,6,9,16,19H,1-3,5,7-8,10-15,17H2,(H,26,30)(H2,25,27,32). The fourth-order valence-electron chi connectivity index (χ4n) is 4.21. The molecule has 1 aliphatic heterocycles. The molecule has 32 heavy (non-hydrogen) atoms. The van der Waals surface area contributed by atoms with Crippen molar-refractivity contribution in [2.45, 2.75) is 51.0 Å². The van der Waals surface area contributed by atoms with E-state index in [2.05, 4.69) is 16.0 Å². The van der Waals surface area contributed by atoms with Crippen molar-refractivity contribution in [2.75, 3.05) is 44.6 Å². The van der Waals surface area contributed by atoms with Crippen LogP contribution in [0.15, 0.2) is 24.3 Å². The van der Waals surface area contributed by atoms with Gasteiger partial charge in [-0.3, -0.25) is 14.5 Å². The first-order valence-corrected chi connectivity index (χ1v) is 11.6. The average Bonchev–Trinajstić information content (AvgIpc) is 2.78. The molecule has 2 aliphatic rings. The third-order valence-corrected chi connectivity index (χ3v) is 5.99. The van der Waals surface area contributed by atoms with Crippen LogP contribution in [0, 0.1) is 5.82 Å². The molecule has 0 unspecified atom stereocenters. The highest BCUT2D eigenvalue weighted by Gasteiger charge is 2.22. The van der Waals surface area contributed by atoms with E-state index in [0.29, 0.717) is 51.3 Å². The van der Waals surface area contributed by atoms with Crippen LogP contribution in [0.1, 0.15) is 44.9 Å². The van der Waals surface area contributed by atoms with E-state index >= 15 is 0 Å². The molecule has 176 valence electrons. The van der Waals surface area contributed by atoms with E-state index < -0.39 is 5.82 Å². The van der Waals surface area contributed by atoms with E-state index in [4.69, 9.17) is 0 Å². The van der Waals surface area contributed by atoms with E-state index in [9.17, 15) is 18.8 Å². The number of amides is 4. The van der Waals surface area contributed by atoms with Crippen LogP contribution >= 0.6 is 0 Å². The van der Waals surface area contributed by atoms with Crippen molar-refractivity contribution in [2.24, 2.45) is 0 Å². The lowest BCUT2D eigenvalue weighted by Gasteiger charge is -2.34. The molecule has 3 N–H and O–H groups in total. The molecule has 0 radical (unpaired) electrons. The molecule has 1 heterocycles. The molecule has 3 rings (SSSR count). The highest BCUT2D eigenvalue weighted by molar-refractivity contribution is 5.92. The maximum absolute atomic E-state index is 13.2. The number of nitrogens with zero attached hydrogens (tertiary/aromatic N) is 2. The summed E-state index contributed by atoms with van der Waals surface area (Å²) in [4.78, 5) is 40.3. The Morgan fingerprint density at radius 1 is 1.03 bits per heavy atom. The Bertz CT molecular complexity index is 777. The molecule has 0 aromatic heterocycles. The average molecular weight is 448 g/mol. The number of rotatable bonds is 8. The zero-order valence-corrected chi connectivity index (χ0v) is 18.6. The van der Waals surface area contributed by atoms with Gasteiger partial charge in [-0.2, -0.15) is 0 Å². The van der Waals surface area contributed by atoms with Crippen LogP contribution in [0.5, 0.6) is 0 Å². The van der Waals surface area contributed by atoms with Gasteiger partial charge in [0.2, 0.25) is 11.8 Å². The predicted molar refractivity (Wildman–Crippen MR) is 121 cm³/mol. The molecule has 1 aromatic rings. The van der Waals surface area contributed by atoms with Crippen molar-refractivity contribution in [3.05, 3.63) is 30.1 Å². The molecular weight excluding hydrogens is 413 g/mol. The van der Waals surface area contributed by atoms with E-state index in [0.717, 1.165) is 12.8 Å². The second-order valence-corrected chi connectivity index (χ2v) is 8.55. The minimum atomic E-state index is -0.394. The molecule has 9 heteroatoms. The van der Waals surface area contributed by atoms with Gasteiger partial charge in [0.25, 0.3) is 0 Å². The first-order chi connectivity index (χ1) is 15.5. The molecular formula is C23H34FN5O3. The minimum absolute atomic E-state index is 0.0725. The van der Waals surface area contributed by atoms with Crippen molar-refractivity contribution in [1.29, 1.82) is 0 Å². The molecule has 2 fully saturated rings. The third-order valence-electron chi connectivity index (χ3n) is 5.99. The summed E-state index contributed by atoms with van der Waals surface area (Å²) in [6.45, 7) is 3.06. The summed E-state index contributed by atoms with van der Waals surface area (Å²) in [5.74, 6) is -0.522. The first kappa shape index (κ1) is 24.0. The summed E-state index contributed by atoms with van der Waals surface area (Å²) >= 11 is 0. The molecule has 1 aromatic carbocycles. The lowest BCUT2D eigenvalue weighted by Crippen LogP contribution is -2.50. The molecule has 1 saturated heterocycles. The number of anilines is 1. The lowest BCUT2D eigenvalue weighted by molar-refractivity contribution is -0.133. The summed E-state index contributed by atoms with van der Waals surface area (Å²) in [6, 6.07) is 5.93. The van der Waals surface area contributed by atoms with Crippen molar-refractivity contribution >= 4 is 23.5 Å². The fourth-order valence-corrected chi connectivity index (χ4v) is 4.21. The van der Waals surface area contributed by atoms with Crippen LogP contribution in [0.25, 0.3) is 0 Å². The highest BCUT2D eigenvalue weighted by atomic mass is 19.1. The molecule has 8 nitrogen and oxygen atoms in total. The summed E-state index contributed by atoms with van der Waals surface area (Å²) in [6.07, 6.45) is 6.68. The van der Waals surface area contributed by atoms with E-state index in [-0.39, 0.29) is 30.4 Å². The zero-order chi connectivity index (χ0) is 22.8. The Labute approximate surface area is 188 Å². The summed E-state index contributed by atoms with van der Waals surface area (Å²) < 4.78 is 13.2. The normalized spacial score (nSPS) is 17.6. The Kier molecular flexibility index (Phi) is 9.27. The number of hydrogen-bond donors (Lipinski definition) is 3. The van der Waals surface area contributed by atoms with Gasteiger partial charge in [-0.15, -0.1) is 0 Å². The maximum atomic E-state index is 13.2. The van der Waals surface area contributed by atoms with Gasteiger partial charge in [-0.1, -0.05) is 25.3 Å². The number of urea groups is 1. The summed E-state index contributed by atoms with van der Waals surface area (Å²) in [5, 5.41) is 8.54. The van der Waals surface area contributed by atoms with E-state index in [1.54, 1.807) is 12.1 Å². The third kappa shape index (κ3) is 8.11. The van der Waals surface area contributed by atoms with Gasteiger partial charge in [0.1, 0.15) is 5.82 Å². The summed E-state index contributed by atoms with van der Waals surface area (Å²) in [7, 11) is 0. The van der Waals surface area contributed by atoms with Gasteiger partial charge < -0.3 is 20.9 Å². The summed E-state index contributed by atoms with van der Waals surface area (Å²) in [5.41, 5.74) is 0.435. The Balaban J connectivity index is 1.26. The molecule has 0 spiro atoms. The van der Waals surface area contributed by atoms with Gasteiger partial charge in [0.05, 0.1) is 6.54 Å². The van der Waals surface area contributed by atoms with Crippen molar-refractivity contribution in [3.8, 4) is 0 Å². The topological polar surface area (TPSA) is 93.8 Å². The Morgan fingerprint density at radius 2 is 1.78 bits per heavy atom. The smallest absolute Gasteiger partial charge is 0.315 e. The van der Waals surface area contributed by atoms with Crippen LogP contribution in [0.3, 0.4) is 0 Å². The number of carbonyl (C=O) groups is 3. The van der Waals surface area contributed by atoms with Gasteiger partial charge in [-0.25, -0.2) is 9.18 Å². The molecule has 0 atom stereocenters. The Hall–Kier alpha value is -2.68. The fraction of sp³-hybridized carbons (Fsp3) is 0.609. The number of hydrogen-bond acceptors (Lipinski definition) is 4.